The van der Waals surface area contributed by atoms with Gasteiger partial charge in [0.15, 0.2) is 5.79 Å². The van der Waals surface area contributed by atoms with E-state index in [1.54, 1.807) is 0 Å². The zero-order valence-corrected chi connectivity index (χ0v) is 10.7. The lowest BCUT2D eigenvalue weighted by Gasteiger charge is -2.27. The molecule has 0 aromatic rings. The van der Waals surface area contributed by atoms with E-state index in [1.807, 2.05) is 45.2 Å². The van der Waals surface area contributed by atoms with Gasteiger partial charge in [-0.05, 0) is 32.1 Å². The van der Waals surface area contributed by atoms with Crippen LogP contribution in [-0.4, -0.2) is 31.1 Å². The maximum absolute atomic E-state index is 10.2. The molecule has 0 spiro atoms. The number of ether oxygens (including phenoxy) is 2. The maximum Gasteiger partial charge on any atom is 0.212 e. The second-order valence-corrected chi connectivity index (χ2v) is 8.78. The topological polar surface area (TPSA) is 38.7 Å². The molecular formula is C11H18O3Si. The molecule has 0 amide bonds. The Kier molecular flexibility index (Phi) is 2.42. The van der Waals surface area contributed by atoms with E-state index in [2.05, 4.69) is 0 Å². The van der Waals surface area contributed by atoms with Gasteiger partial charge in [0.1, 0.15) is 12.2 Å². The molecule has 4 heteroatoms. The third-order valence-corrected chi connectivity index (χ3v) is 4.58. The van der Waals surface area contributed by atoms with Gasteiger partial charge in [-0.15, -0.1) is 0 Å². The van der Waals surface area contributed by atoms with Crippen LogP contribution in [0.25, 0.3) is 0 Å². The quantitative estimate of drug-likeness (QED) is 0.692. The van der Waals surface area contributed by atoms with Crippen LogP contribution in [0, 0.1) is 0 Å². The SMILES string of the molecule is CC1(C)O[C@H]2C=CC=C([Si](C)(C)O)[C@H]2O1. The lowest BCUT2D eigenvalue weighted by Crippen LogP contribution is -2.40. The zero-order chi connectivity index (χ0) is 11.3. The molecule has 0 aromatic carbocycles. The summed E-state index contributed by atoms with van der Waals surface area (Å²) in [6.45, 7) is 7.62. The molecule has 1 heterocycles. The molecule has 0 bridgehead atoms. The Morgan fingerprint density at radius 1 is 1.33 bits per heavy atom. The van der Waals surface area contributed by atoms with Crippen molar-refractivity contribution in [2.24, 2.45) is 0 Å². The predicted octanol–water partition coefficient (Wildman–Crippen LogP) is 1.74. The molecule has 1 saturated heterocycles. The van der Waals surface area contributed by atoms with E-state index < -0.39 is 14.1 Å². The minimum Gasteiger partial charge on any atom is -0.428 e. The van der Waals surface area contributed by atoms with Gasteiger partial charge in [0.25, 0.3) is 0 Å². The minimum atomic E-state index is -2.30. The number of rotatable bonds is 1. The number of fused-ring (bicyclic) bond motifs is 1. The first-order valence-corrected chi connectivity index (χ1v) is 8.21. The molecule has 0 aromatic heterocycles. The van der Waals surface area contributed by atoms with Crippen molar-refractivity contribution in [3.8, 4) is 0 Å². The molecule has 0 saturated carbocycles. The Morgan fingerprint density at radius 3 is 2.60 bits per heavy atom. The van der Waals surface area contributed by atoms with Gasteiger partial charge < -0.3 is 14.3 Å². The monoisotopic (exact) mass is 226 g/mol. The highest BCUT2D eigenvalue weighted by Crippen LogP contribution is 2.37. The van der Waals surface area contributed by atoms with Crippen LogP contribution < -0.4 is 0 Å². The van der Waals surface area contributed by atoms with Gasteiger partial charge in [-0.25, -0.2) is 0 Å². The molecule has 3 nitrogen and oxygen atoms in total. The highest BCUT2D eigenvalue weighted by atomic mass is 28.4. The lowest BCUT2D eigenvalue weighted by atomic mass is 10.1. The third-order valence-electron chi connectivity index (χ3n) is 2.72. The van der Waals surface area contributed by atoms with Crippen LogP contribution in [-0.2, 0) is 9.47 Å². The standard InChI is InChI=1S/C11H18O3Si/c1-11(2)13-8-6-5-7-9(10(8)14-11)15(3,4)12/h5-8,10,12H,1-4H3/t8-,10-/m0/s1. The predicted molar refractivity (Wildman–Crippen MR) is 60.7 cm³/mol. The minimum absolute atomic E-state index is 0.0427. The Balaban J connectivity index is 2.29. The van der Waals surface area contributed by atoms with Gasteiger partial charge in [0, 0.05) is 0 Å². The molecule has 2 atom stereocenters. The summed E-state index contributed by atoms with van der Waals surface area (Å²) in [6, 6.07) is 0. The molecule has 0 radical (unpaired) electrons. The highest BCUT2D eigenvalue weighted by molar-refractivity contribution is 6.77. The Hall–Kier alpha value is -0.423. The van der Waals surface area contributed by atoms with Crippen molar-refractivity contribution in [1.29, 1.82) is 0 Å². The zero-order valence-electron chi connectivity index (χ0n) is 9.65. The second-order valence-electron chi connectivity index (χ2n) is 5.09. The van der Waals surface area contributed by atoms with Crippen molar-refractivity contribution in [2.75, 3.05) is 0 Å². The van der Waals surface area contributed by atoms with Gasteiger partial charge >= 0.3 is 0 Å². The van der Waals surface area contributed by atoms with Gasteiger partial charge in [0.2, 0.25) is 8.32 Å². The molecule has 84 valence electrons. The first kappa shape index (κ1) is 11.1. The molecule has 1 N–H and O–H groups in total. The van der Waals surface area contributed by atoms with Crippen LogP contribution in [0.2, 0.25) is 13.1 Å². The van der Waals surface area contributed by atoms with Crippen LogP contribution >= 0.6 is 0 Å². The van der Waals surface area contributed by atoms with Crippen LogP contribution in [0.3, 0.4) is 0 Å². The number of hydrogen-bond acceptors (Lipinski definition) is 3. The third kappa shape index (κ3) is 2.08. The Labute approximate surface area is 91.5 Å². The number of allylic oxidation sites excluding steroid dienone is 2. The van der Waals surface area contributed by atoms with E-state index in [1.165, 1.54) is 0 Å². The van der Waals surface area contributed by atoms with Crippen LogP contribution in [0.5, 0.6) is 0 Å². The summed E-state index contributed by atoms with van der Waals surface area (Å²) < 4.78 is 11.6. The summed E-state index contributed by atoms with van der Waals surface area (Å²) in [5.41, 5.74) is 0. The molecular weight excluding hydrogens is 208 g/mol. The van der Waals surface area contributed by atoms with Crippen molar-refractivity contribution in [2.45, 2.75) is 44.9 Å². The van der Waals surface area contributed by atoms with Crippen molar-refractivity contribution in [3.63, 3.8) is 0 Å². The highest BCUT2D eigenvalue weighted by Gasteiger charge is 2.46. The van der Waals surface area contributed by atoms with Gasteiger partial charge in [-0.3, -0.25) is 0 Å². The van der Waals surface area contributed by atoms with Gasteiger partial charge in [-0.2, -0.15) is 0 Å². The molecule has 2 rings (SSSR count). The van der Waals surface area contributed by atoms with Gasteiger partial charge in [0.05, 0.1) is 0 Å². The number of hydrogen-bond donors (Lipinski definition) is 1. The van der Waals surface area contributed by atoms with E-state index in [4.69, 9.17) is 9.47 Å². The summed E-state index contributed by atoms with van der Waals surface area (Å²) in [6.07, 6.45) is 5.77. The maximum atomic E-state index is 10.2. The van der Waals surface area contributed by atoms with E-state index >= 15 is 0 Å². The van der Waals surface area contributed by atoms with Crippen molar-refractivity contribution in [1.82, 2.24) is 0 Å². The molecule has 1 aliphatic heterocycles. The molecule has 0 unspecified atom stereocenters. The van der Waals surface area contributed by atoms with Crippen molar-refractivity contribution < 1.29 is 14.3 Å². The summed E-state index contributed by atoms with van der Waals surface area (Å²) in [4.78, 5) is 10.2. The van der Waals surface area contributed by atoms with E-state index in [0.717, 1.165) is 5.20 Å². The summed E-state index contributed by atoms with van der Waals surface area (Å²) >= 11 is 0. The first-order chi connectivity index (χ1) is 6.80. The first-order valence-electron chi connectivity index (χ1n) is 5.26. The smallest absolute Gasteiger partial charge is 0.212 e. The van der Waals surface area contributed by atoms with Crippen LogP contribution in [0.4, 0.5) is 0 Å². The summed E-state index contributed by atoms with van der Waals surface area (Å²) in [5, 5.41) is 1.01. The van der Waals surface area contributed by atoms with Crippen LogP contribution in [0.15, 0.2) is 23.4 Å². The summed E-state index contributed by atoms with van der Waals surface area (Å²) in [5.74, 6) is -0.553. The summed E-state index contributed by atoms with van der Waals surface area (Å²) in [7, 11) is -2.30. The average molecular weight is 226 g/mol. The Bertz CT molecular complexity index is 325. The molecule has 2 aliphatic rings. The van der Waals surface area contributed by atoms with Gasteiger partial charge in [-0.1, -0.05) is 18.2 Å². The molecule has 1 fully saturated rings. The van der Waals surface area contributed by atoms with Crippen molar-refractivity contribution >= 4 is 8.32 Å². The van der Waals surface area contributed by atoms with Crippen LogP contribution in [0.1, 0.15) is 13.8 Å². The van der Waals surface area contributed by atoms with Crippen molar-refractivity contribution in [3.05, 3.63) is 23.4 Å². The fourth-order valence-corrected chi connectivity index (χ4v) is 3.51. The Morgan fingerprint density at radius 2 is 2.00 bits per heavy atom. The molecule has 1 aliphatic carbocycles. The average Bonchev–Trinajstić information content (AvgIpc) is 2.35. The van der Waals surface area contributed by atoms with E-state index in [0.29, 0.717) is 0 Å². The van der Waals surface area contributed by atoms with E-state index in [-0.39, 0.29) is 12.2 Å². The second kappa shape index (κ2) is 3.28. The lowest BCUT2D eigenvalue weighted by molar-refractivity contribution is -0.139. The largest absolute Gasteiger partial charge is 0.428 e. The molecule has 15 heavy (non-hydrogen) atoms. The normalized spacial score (nSPS) is 33.8. The fraction of sp³-hybridized carbons (Fsp3) is 0.636. The van der Waals surface area contributed by atoms with E-state index in [9.17, 15) is 4.80 Å². The fourth-order valence-electron chi connectivity index (χ4n) is 2.09.